The lowest BCUT2D eigenvalue weighted by Crippen LogP contribution is -2.25. The second-order valence-electron chi connectivity index (χ2n) is 7.26. The summed E-state index contributed by atoms with van der Waals surface area (Å²) in [4.78, 5) is 33.6. The molecule has 0 aliphatic heterocycles. The summed E-state index contributed by atoms with van der Waals surface area (Å²) < 4.78 is 13.5. The van der Waals surface area contributed by atoms with Gasteiger partial charge in [0.1, 0.15) is 11.6 Å². The van der Waals surface area contributed by atoms with Gasteiger partial charge in [-0.05, 0) is 59.3 Å². The number of aromatic nitrogens is 2. The molecule has 3 heterocycles. The molecule has 1 aromatic carbocycles. The molecule has 2 N–H and O–H groups in total. The number of carbonyl (C=O) groups is 2. The smallest absolute Gasteiger partial charge is 0.255 e. The van der Waals surface area contributed by atoms with Crippen molar-refractivity contribution < 1.29 is 14.0 Å². The van der Waals surface area contributed by atoms with Gasteiger partial charge in [-0.1, -0.05) is 18.2 Å². The molecule has 6 nitrogen and oxygen atoms in total. The number of aldehydes is 1. The van der Waals surface area contributed by atoms with E-state index in [1.54, 1.807) is 30.6 Å². The van der Waals surface area contributed by atoms with Crippen molar-refractivity contribution in [3.05, 3.63) is 99.8 Å². The van der Waals surface area contributed by atoms with Gasteiger partial charge in [-0.2, -0.15) is 0 Å². The Kier molecular flexibility index (Phi) is 7.16. The van der Waals surface area contributed by atoms with Crippen LogP contribution in [-0.2, 0) is 13.0 Å². The summed E-state index contributed by atoms with van der Waals surface area (Å²) in [7, 11) is 0. The van der Waals surface area contributed by atoms with Crippen LogP contribution in [0.5, 0.6) is 0 Å². The van der Waals surface area contributed by atoms with Crippen LogP contribution in [0.1, 0.15) is 31.2 Å². The number of amides is 1. The summed E-state index contributed by atoms with van der Waals surface area (Å²) in [6.45, 7) is 0.782. The standard InChI is InChI=1S/C25H21FN4O2S/c26-19-5-1-3-17(13-19)8-11-28-24-21(25(32)29-15-18-4-2-10-27-14-18)6-7-22(30-24)20-9-12-33-23(20)16-31/h1-7,9-10,12-14,16H,8,11,15H2,(H,28,30)(H,29,32). The highest BCUT2D eigenvalue weighted by Gasteiger charge is 2.16. The van der Waals surface area contributed by atoms with E-state index in [9.17, 15) is 14.0 Å². The van der Waals surface area contributed by atoms with Gasteiger partial charge < -0.3 is 10.6 Å². The van der Waals surface area contributed by atoms with Gasteiger partial charge in [0, 0.05) is 31.0 Å². The molecule has 0 aliphatic rings. The van der Waals surface area contributed by atoms with Crippen LogP contribution in [0.15, 0.2) is 72.4 Å². The van der Waals surface area contributed by atoms with Crippen LogP contribution in [-0.4, -0.2) is 28.7 Å². The molecular formula is C25H21FN4O2S. The number of halogens is 1. The van der Waals surface area contributed by atoms with Crippen molar-refractivity contribution in [3.8, 4) is 11.3 Å². The topological polar surface area (TPSA) is 84.0 Å². The number of nitrogens with zero attached hydrogens (tertiary/aromatic N) is 2. The van der Waals surface area contributed by atoms with Crippen molar-refractivity contribution in [1.82, 2.24) is 15.3 Å². The molecule has 0 saturated heterocycles. The molecule has 4 rings (SSSR count). The molecule has 1 amide bonds. The fraction of sp³-hybridized carbons (Fsp3) is 0.120. The van der Waals surface area contributed by atoms with Crippen molar-refractivity contribution in [2.24, 2.45) is 0 Å². The number of rotatable bonds is 9. The number of hydrogen-bond donors (Lipinski definition) is 2. The zero-order valence-corrected chi connectivity index (χ0v) is 18.4. The van der Waals surface area contributed by atoms with E-state index >= 15 is 0 Å². The van der Waals surface area contributed by atoms with Gasteiger partial charge in [-0.25, -0.2) is 9.37 Å². The monoisotopic (exact) mass is 460 g/mol. The Labute approximate surface area is 194 Å². The molecule has 33 heavy (non-hydrogen) atoms. The number of benzene rings is 1. The first-order chi connectivity index (χ1) is 16.1. The van der Waals surface area contributed by atoms with Crippen LogP contribution in [0, 0.1) is 5.82 Å². The van der Waals surface area contributed by atoms with Gasteiger partial charge in [0.2, 0.25) is 0 Å². The maximum atomic E-state index is 13.5. The molecule has 4 aromatic rings. The van der Waals surface area contributed by atoms with Crippen LogP contribution in [0.3, 0.4) is 0 Å². The molecule has 0 fully saturated rings. The minimum atomic E-state index is -0.290. The zero-order valence-electron chi connectivity index (χ0n) is 17.6. The highest BCUT2D eigenvalue weighted by molar-refractivity contribution is 7.12. The van der Waals surface area contributed by atoms with Crippen LogP contribution in [0.25, 0.3) is 11.3 Å². The van der Waals surface area contributed by atoms with Crippen LogP contribution in [0.2, 0.25) is 0 Å². The van der Waals surface area contributed by atoms with E-state index in [0.717, 1.165) is 17.4 Å². The fourth-order valence-corrected chi connectivity index (χ4v) is 4.05. The summed E-state index contributed by atoms with van der Waals surface area (Å²) >= 11 is 1.33. The molecule has 166 valence electrons. The highest BCUT2D eigenvalue weighted by atomic mass is 32.1. The van der Waals surface area contributed by atoms with Crippen molar-refractivity contribution in [3.63, 3.8) is 0 Å². The number of hydrogen-bond acceptors (Lipinski definition) is 6. The lowest BCUT2D eigenvalue weighted by atomic mass is 10.1. The van der Waals surface area contributed by atoms with E-state index in [1.807, 2.05) is 29.6 Å². The van der Waals surface area contributed by atoms with E-state index in [2.05, 4.69) is 20.6 Å². The maximum absolute atomic E-state index is 13.5. The van der Waals surface area contributed by atoms with Crippen molar-refractivity contribution in [1.29, 1.82) is 0 Å². The molecule has 0 spiro atoms. The normalized spacial score (nSPS) is 10.6. The SMILES string of the molecule is O=Cc1sccc1-c1ccc(C(=O)NCc2cccnc2)c(NCCc2cccc(F)c2)n1. The predicted octanol–water partition coefficient (Wildman–Crippen LogP) is 4.74. The average molecular weight is 461 g/mol. The van der Waals surface area contributed by atoms with Crippen LogP contribution >= 0.6 is 11.3 Å². The highest BCUT2D eigenvalue weighted by Crippen LogP contribution is 2.28. The molecule has 3 aromatic heterocycles. The van der Waals surface area contributed by atoms with Gasteiger partial charge in [-0.15, -0.1) is 11.3 Å². The molecule has 0 saturated carbocycles. The third-order valence-electron chi connectivity index (χ3n) is 4.99. The first kappa shape index (κ1) is 22.3. The lowest BCUT2D eigenvalue weighted by Gasteiger charge is -2.13. The Morgan fingerprint density at radius 2 is 1.97 bits per heavy atom. The second kappa shape index (κ2) is 10.6. The number of nitrogens with one attached hydrogen (secondary N) is 2. The largest absolute Gasteiger partial charge is 0.369 e. The van der Waals surface area contributed by atoms with E-state index in [4.69, 9.17) is 0 Å². The van der Waals surface area contributed by atoms with Gasteiger partial charge in [0.05, 0.1) is 16.1 Å². The Morgan fingerprint density at radius 1 is 1.09 bits per heavy atom. The first-order valence-electron chi connectivity index (χ1n) is 10.3. The number of anilines is 1. The van der Waals surface area contributed by atoms with E-state index in [-0.39, 0.29) is 11.7 Å². The number of pyridine rings is 2. The van der Waals surface area contributed by atoms with E-state index in [1.165, 1.54) is 23.5 Å². The third kappa shape index (κ3) is 5.67. The van der Waals surface area contributed by atoms with Crippen molar-refractivity contribution in [2.45, 2.75) is 13.0 Å². The quantitative estimate of drug-likeness (QED) is 0.353. The van der Waals surface area contributed by atoms with Crippen molar-refractivity contribution >= 4 is 29.3 Å². The lowest BCUT2D eigenvalue weighted by molar-refractivity contribution is 0.0951. The second-order valence-corrected chi connectivity index (χ2v) is 8.21. The molecule has 0 atom stereocenters. The average Bonchev–Trinajstić information content (AvgIpc) is 3.32. The predicted molar refractivity (Wildman–Crippen MR) is 127 cm³/mol. The molecular weight excluding hydrogens is 439 g/mol. The fourth-order valence-electron chi connectivity index (χ4n) is 3.35. The van der Waals surface area contributed by atoms with Gasteiger partial charge >= 0.3 is 0 Å². The van der Waals surface area contributed by atoms with Crippen molar-refractivity contribution in [2.75, 3.05) is 11.9 Å². The first-order valence-corrected chi connectivity index (χ1v) is 11.2. The Morgan fingerprint density at radius 3 is 2.76 bits per heavy atom. The summed E-state index contributed by atoms with van der Waals surface area (Å²) in [6.07, 6.45) is 4.72. The summed E-state index contributed by atoms with van der Waals surface area (Å²) in [5, 5.41) is 7.92. The van der Waals surface area contributed by atoms with Crippen LogP contribution in [0.4, 0.5) is 10.2 Å². The van der Waals surface area contributed by atoms with Gasteiger partial charge in [-0.3, -0.25) is 14.6 Å². The summed E-state index contributed by atoms with van der Waals surface area (Å²) in [6, 6.07) is 15.3. The Bertz CT molecular complexity index is 1260. The molecule has 0 aliphatic carbocycles. The zero-order chi connectivity index (χ0) is 23.0. The van der Waals surface area contributed by atoms with Gasteiger partial charge in [0.25, 0.3) is 5.91 Å². The molecule has 8 heteroatoms. The minimum Gasteiger partial charge on any atom is -0.369 e. The van der Waals surface area contributed by atoms with Gasteiger partial charge in [0.15, 0.2) is 6.29 Å². The van der Waals surface area contributed by atoms with E-state index < -0.39 is 0 Å². The molecule has 0 bridgehead atoms. The van der Waals surface area contributed by atoms with Crippen LogP contribution < -0.4 is 10.6 Å². The Balaban J connectivity index is 1.56. The number of thiophene rings is 1. The summed E-state index contributed by atoms with van der Waals surface area (Å²) in [5.41, 5.74) is 3.40. The third-order valence-corrected chi connectivity index (χ3v) is 5.83. The maximum Gasteiger partial charge on any atom is 0.255 e. The summed E-state index contributed by atoms with van der Waals surface area (Å²) in [5.74, 6) is -0.176. The Hall–Kier alpha value is -3.91. The minimum absolute atomic E-state index is 0.285. The molecule has 0 radical (unpaired) electrons. The van der Waals surface area contributed by atoms with E-state index in [0.29, 0.717) is 47.0 Å². The number of carbonyl (C=O) groups excluding carboxylic acids is 2. The molecule has 0 unspecified atom stereocenters.